The van der Waals surface area contributed by atoms with Crippen molar-refractivity contribution in [3.63, 3.8) is 0 Å². The minimum atomic E-state index is 0.293. The zero-order valence-electron chi connectivity index (χ0n) is 9.60. The van der Waals surface area contributed by atoms with E-state index in [0.717, 1.165) is 26.9 Å². The van der Waals surface area contributed by atoms with E-state index >= 15 is 0 Å². The van der Waals surface area contributed by atoms with Crippen LogP contribution in [0, 0.1) is 0 Å². The third-order valence-electron chi connectivity index (χ3n) is 3.00. The highest BCUT2D eigenvalue weighted by Crippen LogP contribution is 2.27. The molecule has 0 saturated carbocycles. The molecule has 1 N–H and O–H groups in total. The number of fused-ring (bicyclic) bond motifs is 1. The van der Waals surface area contributed by atoms with Crippen molar-refractivity contribution in [3.8, 4) is 16.9 Å². The van der Waals surface area contributed by atoms with Crippen LogP contribution in [0.15, 0.2) is 60.7 Å². The fourth-order valence-corrected chi connectivity index (χ4v) is 2.18. The Morgan fingerprint density at radius 1 is 0.667 bits per heavy atom. The minimum Gasteiger partial charge on any atom is -0.508 e. The highest BCUT2D eigenvalue weighted by molar-refractivity contribution is 6.30. The van der Waals surface area contributed by atoms with Gasteiger partial charge >= 0.3 is 0 Å². The van der Waals surface area contributed by atoms with E-state index in [9.17, 15) is 5.11 Å². The zero-order valence-corrected chi connectivity index (χ0v) is 10.4. The van der Waals surface area contributed by atoms with Crippen LogP contribution in [0.3, 0.4) is 0 Å². The Hall–Kier alpha value is -1.99. The van der Waals surface area contributed by atoms with Crippen LogP contribution in [0.5, 0.6) is 5.75 Å². The third kappa shape index (κ3) is 2.05. The summed E-state index contributed by atoms with van der Waals surface area (Å²) in [6, 6.07) is 19.3. The Labute approximate surface area is 110 Å². The third-order valence-corrected chi connectivity index (χ3v) is 3.25. The maximum atomic E-state index is 9.43. The normalized spacial score (nSPS) is 10.7. The van der Waals surface area contributed by atoms with E-state index in [1.165, 1.54) is 0 Å². The summed E-state index contributed by atoms with van der Waals surface area (Å²) in [5.74, 6) is 0.293. The molecule has 0 saturated heterocycles. The maximum Gasteiger partial charge on any atom is 0.116 e. The fraction of sp³-hybridized carbons (Fsp3) is 0. The summed E-state index contributed by atoms with van der Waals surface area (Å²) in [7, 11) is 0. The molecule has 88 valence electrons. The first kappa shape index (κ1) is 11.1. The van der Waals surface area contributed by atoms with E-state index in [-0.39, 0.29) is 0 Å². The number of hydrogen-bond acceptors (Lipinski definition) is 1. The molecule has 0 amide bonds. The number of benzene rings is 3. The van der Waals surface area contributed by atoms with E-state index in [2.05, 4.69) is 6.07 Å². The van der Waals surface area contributed by atoms with Gasteiger partial charge in [0.15, 0.2) is 0 Å². The summed E-state index contributed by atoms with van der Waals surface area (Å²) in [6.45, 7) is 0. The molecule has 0 radical (unpaired) electrons. The molecule has 0 unspecified atom stereocenters. The number of aromatic hydroxyl groups is 1. The molecule has 0 bridgehead atoms. The average Bonchev–Trinajstić information content (AvgIpc) is 2.39. The number of phenols is 1. The number of phenolic OH excluding ortho intramolecular Hbond substituents is 1. The quantitative estimate of drug-likeness (QED) is 0.657. The number of rotatable bonds is 1. The van der Waals surface area contributed by atoms with Gasteiger partial charge in [0.25, 0.3) is 0 Å². The van der Waals surface area contributed by atoms with E-state index in [4.69, 9.17) is 11.6 Å². The van der Waals surface area contributed by atoms with Crippen molar-refractivity contribution in [2.45, 2.75) is 0 Å². The lowest BCUT2D eigenvalue weighted by molar-refractivity contribution is 0.476. The van der Waals surface area contributed by atoms with Crippen LogP contribution in [0.25, 0.3) is 21.9 Å². The van der Waals surface area contributed by atoms with Crippen molar-refractivity contribution in [2.24, 2.45) is 0 Å². The molecule has 0 aromatic heterocycles. The van der Waals surface area contributed by atoms with E-state index in [1.54, 1.807) is 12.1 Å². The molecule has 0 aliphatic rings. The van der Waals surface area contributed by atoms with Crippen molar-refractivity contribution in [3.05, 3.63) is 65.7 Å². The Morgan fingerprint density at radius 3 is 2.06 bits per heavy atom. The maximum absolute atomic E-state index is 9.43. The molecule has 0 fully saturated rings. The predicted molar refractivity (Wildman–Crippen MR) is 76.1 cm³/mol. The molecular formula is C16H11ClO. The van der Waals surface area contributed by atoms with E-state index < -0.39 is 0 Å². The molecule has 1 nitrogen and oxygen atoms in total. The van der Waals surface area contributed by atoms with Gasteiger partial charge in [0.05, 0.1) is 0 Å². The summed E-state index contributed by atoms with van der Waals surface area (Å²) >= 11 is 5.88. The lowest BCUT2D eigenvalue weighted by atomic mass is 10.0. The van der Waals surface area contributed by atoms with Crippen molar-refractivity contribution < 1.29 is 5.11 Å². The van der Waals surface area contributed by atoms with Gasteiger partial charge < -0.3 is 5.11 Å². The Kier molecular flexibility index (Phi) is 2.69. The second-order valence-electron chi connectivity index (χ2n) is 4.25. The first-order chi connectivity index (χ1) is 8.72. The van der Waals surface area contributed by atoms with Crippen LogP contribution in [0.2, 0.25) is 5.02 Å². The van der Waals surface area contributed by atoms with Gasteiger partial charge in [-0.25, -0.2) is 0 Å². The van der Waals surface area contributed by atoms with Gasteiger partial charge in [0, 0.05) is 5.02 Å². The predicted octanol–water partition coefficient (Wildman–Crippen LogP) is 4.87. The summed E-state index contributed by atoms with van der Waals surface area (Å²) in [4.78, 5) is 0. The van der Waals surface area contributed by atoms with Crippen LogP contribution in [0.1, 0.15) is 0 Å². The second-order valence-corrected chi connectivity index (χ2v) is 4.69. The summed E-state index contributed by atoms with van der Waals surface area (Å²) in [5.41, 5.74) is 2.28. The topological polar surface area (TPSA) is 20.2 Å². The molecule has 0 atom stereocenters. The van der Waals surface area contributed by atoms with Gasteiger partial charge in [-0.3, -0.25) is 0 Å². The molecule has 3 rings (SSSR count). The first-order valence-electron chi connectivity index (χ1n) is 5.71. The fourth-order valence-electron chi connectivity index (χ4n) is 2.06. The second kappa shape index (κ2) is 4.35. The Morgan fingerprint density at radius 2 is 1.28 bits per heavy atom. The molecule has 0 spiro atoms. The van der Waals surface area contributed by atoms with Gasteiger partial charge in [-0.15, -0.1) is 0 Å². The van der Waals surface area contributed by atoms with Crippen LogP contribution in [-0.2, 0) is 0 Å². The number of hydrogen-bond donors (Lipinski definition) is 1. The molecule has 3 aromatic rings. The van der Waals surface area contributed by atoms with Crippen LogP contribution in [0.4, 0.5) is 0 Å². The lowest BCUT2D eigenvalue weighted by Gasteiger charge is -2.05. The van der Waals surface area contributed by atoms with Gasteiger partial charge in [0.2, 0.25) is 0 Å². The van der Waals surface area contributed by atoms with Crippen molar-refractivity contribution in [2.75, 3.05) is 0 Å². The minimum absolute atomic E-state index is 0.293. The van der Waals surface area contributed by atoms with Crippen LogP contribution < -0.4 is 0 Å². The first-order valence-corrected chi connectivity index (χ1v) is 6.09. The lowest BCUT2D eigenvalue weighted by Crippen LogP contribution is -1.79. The molecule has 18 heavy (non-hydrogen) atoms. The van der Waals surface area contributed by atoms with Gasteiger partial charge in [-0.1, -0.05) is 41.9 Å². The smallest absolute Gasteiger partial charge is 0.116 e. The van der Waals surface area contributed by atoms with Crippen molar-refractivity contribution in [1.29, 1.82) is 0 Å². The van der Waals surface area contributed by atoms with Crippen molar-refractivity contribution in [1.82, 2.24) is 0 Å². The molecule has 0 aliphatic heterocycles. The van der Waals surface area contributed by atoms with Gasteiger partial charge in [0.1, 0.15) is 5.75 Å². The molecule has 0 heterocycles. The highest BCUT2D eigenvalue weighted by Gasteiger charge is 2.00. The molecule has 0 aliphatic carbocycles. The molecule has 3 aromatic carbocycles. The summed E-state index contributed by atoms with van der Waals surface area (Å²) in [5, 5.41) is 12.3. The average molecular weight is 255 g/mol. The monoisotopic (exact) mass is 254 g/mol. The largest absolute Gasteiger partial charge is 0.508 e. The molecular weight excluding hydrogens is 244 g/mol. The highest BCUT2D eigenvalue weighted by atomic mass is 35.5. The van der Waals surface area contributed by atoms with E-state index in [1.807, 2.05) is 42.5 Å². The van der Waals surface area contributed by atoms with Gasteiger partial charge in [-0.2, -0.15) is 0 Å². The number of halogens is 1. The Balaban J connectivity index is 2.13. The standard InChI is InChI=1S/C16H11ClO/c17-15-6-3-11(4-7-15)12-1-2-14-10-16(18)8-5-13(14)9-12/h1-10,18H. The van der Waals surface area contributed by atoms with Crippen molar-refractivity contribution >= 4 is 22.4 Å². The summed E-state index contributed by atoms with van der Waals surface area (Å²) < 4.78 is 0. The van der Waals surface area contributed by atoms with E-state index in [0.29, 0.717) is 5.75 Å². The van der Waals surface area contributed by atoms with Crippen LogP contribution >= 0.6 is 11.6 Å². The van der Waals surface area contributed by atoms with Gasteiger partial charge in [-0.05, 0) is 52.2 Å². The summed E-state index contributed by atoms with van der Waals surface area (Å²) in [6.07, 6.45) is 0. The SMILES string of the molecule is Oc1ccc2cc(-c3ccc(Cl)cc3)ccc2c1. The Bertz CT molecular complexity index is 702. The molecule has 2 heteroatoms. The zero-order chi connectivity index (χ0) is 12.5. The van der Waals surface area contributed by atoms with Crippen LogP contribution in [-0.4, -0.2) is 5.11 Å².